The van der Waals surface area contributed by atoms with Crippen LogP contribution in [0.1, 0.15) is 19.8 Å². The van der Waals surface area contributed by atoms with E-state index in [4.69, 9.17) is 4.94 Å². The minimum Gasteiger partial charge on any atom is -0.300 e. The first-order valence-electron chi connectivity index (χ1n) is 4.58. The SMILES string of the molecule is CNNON1CCC(C(C)=O)CC1. The van der Waals surface area contributed by atoms with E-state index < -0.39 is 0 Å². The molecule has 0 aromatic rings. The van der Waals surface area contributed by atoms with Crippen molar-refractivity contribution in [1.82, 2.24) is 16.1 Å². The van der Waals surface area contributed by atoms with Gasteiger partial charge in [0.05, 0.1) is 0 Å². The van der Waals surface area contributed by atoms with E-state index in [1.165, 1.54) is 0 Å². The number of hydrazine groups is 1. The third-order valence-electron chi connectivity index (χ3n) is 2.31. The van der Waals surface area contributed by atoms with E-state index in [1.54, 1.807) is 14.0 Å². The molecule has 0 aromatic carbocycles. The second-order valence-corrected chi connectivity index (χ2v) is 3.26. The molecule has 1 aliphatic heterocycles. The highest BCUT2D eigenvalue weighted by Crippen LogP contribution is 2.17. The summed E-state index contributed by atoms with van der Waals surface area (Å²) >= 11 is 0. The second kappa shape index (κ2) is 5.29. The fraction of sp³-hybridized carbons (Fsp3) is 0.875. The number of nitrogens with one attached hydrogen (secondary N) is 2. The predicted molar refractivity (Wildman–Crippen MR) is 48.3 cm³/mol. The summed E-state index contributed by atoms with van der Waals surface area (Å²) in [6.07, 6.45) is 1.78. The number of Topliss-reactive ketones (excluding diaryl/α,β-unsaturated/α-hetero) is 1. The molecular formula is C8H17N3O2. The Morgan fingerprint density at radius 2 is 2.08 bits per heavy atom. The van der Waals surface area contributed by atoms with Crippen molar-refractivity contribution in [3.05, 3.63) is 0 Å². The van der Waals surface area contributed by atoms with Crippen LogP contribution in [0.4, 0.5) is 0 Å². The van der Waals surface area contributed by atoms with Crippen LogP contribution in [0.5, 0.6) is 0 Å². The first-order valence-corrected chi connectivity index (χ1v) is 4.58. The van der Waals surface area contributed by atoms with Gasteiger partial charge >= 0.3 is 0 Å². The maximum Gasteiger partial charge on any atom is 0.133 e. The molecule has 0 bridgehead atoms. The van der Waals surface area contributed by atoms with Crippen molar-refractivity contribution in [2.75, 3.05) is 20.1 Å². The molecule has 0 spiro atoms. The standard InChI is InChI=1S/C8H17N3O2/c1-7(12)8-3-5-11(6-4-8)13-10-9-2/h8-10H,3-6H2,1-2H3. The van der Waals surface area contributed by atoms with Gasteiger partial charge in [0.1, 0.15) is 5.78 Å². The van der Waals surface area contributed by atoms with Gasteiger partial charge in [0.25, 0.3) is 0 Å². The van der Waals surface area contributed by atoms with Crippen LogP contribution in [0.3, 0.4) is 0 Å². The van der Waals surface area contributed by atoms with E-state index in [1.807, 2.05) is 5.06 Å². The van der Waals surface area contributed by atoms with Gasteiger partial charge in [-0.1, -0.05) is 0 Å². The Morgan fingerprint density at radius 3 is 2.54 bits per heavy atom. The summed E-state index contributed by atoms with van der Waals surface area (Å²) in [7, 11) is 1.74. The molecule has 5 heteroatoms. The lowest BCUT2D eigenvalue weighted by molar-refractivity contribution is -0.231. The van der Waals surface area contributed by atoms with Gasteiger partial charge in [-0.25, -0.2) is 5.43 Å². The molecule has 1 aliphatic rings. The maximum atomic E-state index is 11.0. The third kappa shape index (κ3) is 3.40. The second-order valence-electron chi connectivity index (χ2n) is 3.26. The summed E-state index contributed by atoms with van der Waals surface area (Å²) in [6.45, 7) is 3.27. The lowest BCUT2D eigenvalue weighted by Crippen LogP contribution is -2.42. The Balaban J connectivity index is 2.18. The molecule has 1 heterocycles. The van der Waals surface area contributed by atoms with Gasteiger partial charge in [0, 0.05) is 26.1 Å². The molecule has 13 heavy (non-hydrogen) atoms. The van der Waals surface area contributed by atoms with Gasteiger partial charge in [-0.2, -0.15) is 10.0 Å². The smallest absolute Gasteiger partial charge is 0.133 e. The monoisotopic (exact) mass is 187 g/mol. The maximum absolute atomic E-state index is 11.0. The molecule has 1 rings (SSSR count). The first-order chi connectivity index (χ1) is 6.24. The number of carbonyl (C=O) groups is 1. The van der Waals surface area contributed by atoms with Crippen LogP contribution < -0.4 is 11.0 Å². The molecule has 0 atom stereocenters. The number of carbonyl (C=O) groups excluding carboxylic acids is 1. The lowest BCUT2D eigenvalue weighted by Gasteiger charge is -2.28. The molecule has 2 N–H and O–H groups in total. The van der Waals surface area contributed by atoms with Crippen molar-refractivity contribution in [3.8, 4) is 0 Å². The number of hydrogen-bond donors (Lipinski definition) is 2. The van der Waals surface area contributed by atoms with E-state index in [0.717, 1.165) is 25.9 Å². The molecular weight excluding hydrogens is 170 g/mol. The van der Waals surface area contributed by atoms with Crippen LogP contribution in [-0.4, -0.2) is 31.0 Å². The van der Waals surface area contributed by atoms with E-state index in [0.29, 0.717) is 5.78 Å². The van der Waals surface area contributed by atoms with Crippen molar-refractivity contribution in [1.29, 1.82) is 0 Å². The van der Waals surface area contributed by atoms with Crippen LogP contribution in [0.2, 0.25) is 0 Å². The highest BCUT2D eigenvalue weighted by Gasteiger charge is 2.22. The van der Waals surface area contributed by atoms with E-state index in [-0.39, 0.29) is 5.92 Å². The Labute approximate surface area is 78.3 Å². The zero-order valence-corrected chi connectivity index (χ0v) is 8.17. The molecule has 0 radical (unpaired) electrons. The molecule has 0 aromatic heterocycles. The zero-order valence-electron chi connectivity index (χ0n) is 8.17. The quantitative estimate of drug-likeness (QED) is 0.600. The van der Waals surface area contributed by atoms with Crippen molar-refractivity contribution in [3.63, 3.8) is 0 Å². The minimum absolute atomic E-state index is 0.231. The van der Waals surface area contributed by atoms with Gasteiger partial charge in [-0.3, -0.25) is 4.79 Å². The van der Waals surface area contributed by atoms with Crippen molar-refractivity contribution in [2.45, 2.75) is 19.8 Å². The molecule has 0 amide bonds. The highest BCUT2D eigenvalue weighted by atomic mass is 16.8. The topological polar surface area (TPSA) is 53.6 Å². The zero-order chi connectivity index (χ0) is 9.68. The number of hydrogen-bond acceptors (Lipinski definition) is 5. The molecule has 0 saturated carbocycles. The Morgan fingerprint density at radius 1 is 1.46 bits per heavy atom. The van der Waals surface area contributed by atoms with Gasteiger partial charge in [-0.05, 0) is 19.8 Å². The summed E-state index contributed by atoms with van der Waals surface area (Å²) < 4.78 is 0. The summed E-state index contributed by atoms with van der Waals surface area (Å²) in [5.41, 5.74) is 5.22. The van der Waals surface area contributed by atoms with Gasteiger partial charge < -0.3 is 0 Å². The van der Waals surface area contributed by atoms with Crippen molar-refractivity contribution >= 4 is 5.78 Å². The third-order valence-corrected chi connectivity index (χ3v) is 2.31. The average Bonchev–Trinajstić information content (AvgIpc) is 2.15. The van der Waals surface area contributed by atoms with Crippen molar-refractivity contribution < 1.29 is 9.73 Å². The van der Waals surface area contributed by atoms with Gasteiger partial charge in [0.2, 0.25) is 0 Å². The average molecular weight is 187 g/mol. The molecule has 76 valence electrons. The Kier molecular flexibility index (Phi) is 4.31. The Bertz CT molecular complexity index is 167. The van der Waals surface area contributed by atoms with Crippen LogP contribution >= 0.6 is 0 Å². The number of nitrogens with zero attached hydrogens (tertiary/aromatic N) is 1. The summed E-state index contributed by atoms with van der Waals surface area (Å²) in [4.78, 5) is 16.2. The molecule has 1 saturated heterocycles. The van der Waals surface area contributed by atoms with E-state index >= 15 is 0 Å². The van der Waals surface area contributed by atoms with Crippen molar-refractivity contribution in [2.24, 2.45) is 5.92 Å². The van der Waals surface area contributed by atoms with E-state index in [2.05, 4.69) is 11.0 Å². The fourth-order valence-electron chi connectivity index (χ4n) is 1.46. The summed E-state index contributed by atoms with van der Waals surface area (Å²) in [6, 6.07) is 0. The predicted octanol–water partition coefficient (Wildman–Crippen LogP) is -0.142. The summed E-state index contributed by atoms with van der Waals surface area (Å²) in [5, 5.41) is 1.82. The fourth-order valence-corrected chi connectivity index (χ4v) is 1.46. The number of hydroxylamine groups is 2. The number of ketones is 1. The van der Waals surface area contributed by atoms with Crippen LogP contribution in [0.25, 0.3) is 0 Å². The highest BCUT2D eigenvalue weighted by molar-refractivity contribution is 5.78. The molecule has 0 aliphatic carbocycles. The van der Waals surface area contributed by atoms with Gasteiger partial charge in [-0.15, -0.1) is 5.59 Å². The first kappa shape index (κ1) is 10.6. The Hall–Kier alpha value is -0.490. The normalized spacial score (nSPS) is 20.5. The number of piperidine rings is 1. The van der Waals surface area contributed by atoms with Crippen LogP contribution in [0, 0.1) is 5.92 Å². The van der Waals surface area contributed by atoms with E-state index in [9.17, 15) is 4.79 Å². The molecule has 1 fully saturated rings. The molecule has 5 nitrogen and oxygen atoms in total. The number of rotatable bonds is 4. The molecule has 0 unspecified atom stereocenters. The van der Waals surface area contributed by atoms with Gasteiger partial charge in [0.15, 0.2) is 0 Å². The van der Waals surface area contributed by atoms with Crippen LogP contribution in [-0.2, 0) is 9.73 Å². The minimum atomic E-state index is 0.231. The lowest BCUT2D eigenvalue weighted by atomic mass is 9.94. The largest absolute Gasteiger partial charge is 0.300 e. The van der Waals surface area contributed by atoms with Crippen LogP contribution in [0.15, 0.2) is 0 Å². The summed E-state index contributed by atoms with van der Waals surface area (Å²) in [5.74, 6) is 0.524.